The van der Waals surface area contributed by atoms with Crippen LogP contribution in [0.25, 0.3) is 21.8 Å². The Labute approximate surface area is 283 Å². The molecule has 3 nitrogen and oxygen atoms in total. The highest BCUT2D eigenvalue weighted by atomic mass is 19.1. The van der Waals surface area contributed by atoms with E-state index in [-0.39, 0.29) is 5.82 Å². The molecule has 0 fully saturated rings. The van der Waals surface area contributed by atoms with Gasteiger partial charge in [-0.2, -0.15) is 0 Å². The lowest BCUT2D eigenvalue weighted by Gasteiger charge is -2.26. The lowest BCUT2D eigenvalue weighted by Crippen LogP contribution is -2.12. The molecule has 1 atom stereocenters. The van der Waals surface area contributed by atoms with Gasteiger partial charge in [-0.05, 0) is 97.3 Å². The number of aromatic nitrogens is 1. The maximum atomic E-state index is 14.1. The molecule has 1 heterocycles. The van der Waals surface area contributed by atoms with Gasteiger partial charge in [-0.25, -0.2) is 4.39 Å². The van der Waals surface area contributed by atoms with Crippen molar-refractivity contribution in [3.05, 3.63) is 157 Å². The number of unbranched alkanes of at least 4 members (excludes halogenated alkanes) is 1. The molecule has 1 unspecified atom stereocenters. The third kappa shape index (κ3) is 6.31. The van der Waals surface area contributed by atoms with Crippen molar-refractivity contribution in [1.82, 2.24) is 4.57 Å². The molecule has 6 aromatic carbocycles. The predicted octanol–water partition coefficient (Wildman–Crippen LogP) is 13.1. The van der Waals surface area contributed by atoms with Crippen LogP contribution >= 0.6 is 0 Å². The van der Waals surface area contributed by atoms with Gasteiger partial charge in [0, 0.05) is 51.4 Å². The van der Waals surface area contributed by atoms with Crippen LogP contribution in [0.5, 0.6) is 0 Å². The number of anilines is 6. The van der Waals surface area contributed by atoms with E-state index in [2.05, 4.69) is 137 Å². The van der Waals surface area contributed by atoms with Crippen molar-refractivity contribution in [3.8, 4) is 0 Å². The maximum Gasteiger partial charge on any atom is 0.123 e. The summed E-state index contributed by atoms with van der Waals surface area (Å²) < 4.78 is 16.6. The fraction of sp³-hybridized carbons (Fsp3) is 0.182. The molecule has 7 aromatic rings. The van der Waals surface area contributed by atoms with E-state index >= 15 is 0 Å². The standard InChI is InChI=1S/C44H42FN3/c1-3-5-15-33(4-2)32-46-43-30-39(47(35-16-9-6-10-17-35)36-18-11-7-12-19-36)26-28-41(43)42-29-27-40(31-44(42)46)48(37-20-13-8-14-21-37)38-24-22-34(45)23-25-38/h6-14,16-31,33H,3-5,15,32H2,1-2H3. The molecular formula is C44H42FN3. The third-order valence-electron chi connectivity index (χ3n) is 9.46. The Morgan fingerprint density at radius 2 is 0.938 bits per heavy atom. The second-order valence-electron chi connectivity index (χ2n) is 12.6. The van der Waals surface area contributed by atoms with Crippen LogP contribution in [0.2, 0.25) is 0 Å². The van der Waals surface area contributed by atoms with Gasteiger partial charge in [0.05, 0.1) is 11.0 Å². The summed E-state index contributed by atoms with van der Waals surface area (Å²) in [5.74, 6) is 0.327. The molecule has 48 heavy (non-hydrogen) atoms. The summed E-state index contributed by atoms with van der Waals surface area (Å²) in [5, 5.41) is 2.49. The molecular weight excluding hydrogens is 590 g/mol. The number of benzene rings is 6. The van der Waals surface area contributed by atoms with Crippen molar-refractivity contribution in [2.75, 3.05) is 9.80 Å². The van der Waals surface area contributed by atoms with Crippen molar-refractivity contribution >= 4 is 55.9 Å². The second kappa shape index (κ2) is 14.2. The van der Waals surface area contributed by atoms with Crippen LogP contribution in [-0.2, 0) is 6.54 Å². The van der Waals surface area contributed by atoms with Crippen LogP contribution in [0.15, 0.2) is 152 Å². The zero-order valence-electron chi connectivity index (χ0n) is 27.8. The van der Waals surface area contributed by atoms with Crippen molar-refractivity contribution < 1.29 is 4.39 Å². The van der Waals surface area contributed by atoms with E-state index in [1.54, 1.807) is 0 Å². The molecule has 0 saturated carbocycles. The molecule has 4 heteroatoms. The average molecular weight is 632 g/mol. The van der Waals surface area contributed by atoms with Gasteiger partial charge in [0.15, 0.2) is 0 Å². The first-order chi connectivity index (χ1) is 23.6. The van der Waals surface area contributed by atoms with E-state index in [0.29, 0.717) is 5.92 Å². The minimum absolute atomic E-state index is 0.240. The van der Waals surface area contributed by atoms with Crippen LogP contribution in [-0.4, -0.2) is 4.57 Å². The van der Waals surface area contributed by atoms with E-state index in [4.69, 9.17) is 0 Å². The quantitative estimate of drug-likeness (QED) is 0.133. The minimum atomic E-state index is -0.240. The molecule has 0 bridgehead atoms. The topological polar surface area (TPSA) is 11.4 Å². The van der Waals surface area contributed by atoms with E-state index < -0.39 is 0 Å². The van der Waals surface area contributed by atoms with Gasteiger partial charge in [-0.1, -0.05) is 99.8 Å². The molecule has 0 radical (unpaired) electrons. The van der Waals surface area contributed by atoms with E-state index in [0.717, 1.165) is 47.1 Å². The smallest absolute Gasteiger partial charge is 0.123 e. The van der Waals surface area contributed by atoms with Gasteiger partial charge in [0.1, 0.15) is 5.82 Å². The fourth-order valence-corrected chi connectivity index (χ4v) is 6.94. The number of nitrogens with zero attached hydrogens (tertiary/aromatic N) is 3. The number of fused-ring (bicyclic) bond motifs is 3. The summed E-state index contributed by atoms with van der Waals surface area (Å²) in [6.45, 7) is 5.55. The lowest BCUT2D eigenvalue weighted by atomic mass is 9.99. The van der Waals surface area contributed by atoms with Crippen molar-refractivity contribution in [3.63, 3.8) is 0 Å². The zero-order chi connectivity index (χ0) is 32.9. The zero-order valence-corrected chi connectivity index (χ0v) is 27.8. The number of para-hydroxylation sites is 3. The van der Waals surface area contributed by atoms with Crippen LogP contribution in [0.3, 0.4) is 0 Å². The summed E-state index contributed by atoms with van der Waals surface area (Å²) in [6.07, 6.45) is 4.77. The van der Waals surface area contributed by atoms with Crippen LogP contribution in [0.4, 0.5) is 38.5 Å². The first-order valence-electron chi connectivity index (χ1n) is 17.2. The molecule has 0 spiro atoms. The highest BCUT2D eigenvalue weighted by molar-refractivity contribution is 6.10. The van der Waals surface area contributed by atoms with Crippen LogP contribution < -0.4 is 9.80 Å². The van der Waals surface area contributed by atoms with Crippen molar-refractivity contribution in [1.29, 1.82) is 0 Å². The van der Waals surface area contributed by atoms with E-state index in [1.807, 2.05) is 30.3 Å². The van der Waals surface area contributed by atoms with Crippen molar-refractivity contribution in [2.45, 2.75) is 46.1 Å². The first kappa shape index (κ1) is 31.3. The highest BCUT2D eigenvalue weighted by Gasteiger charge is 2.20. The summed E-state index contributed by atoms with van der Waals surface area (Å²) in [4.78, 5) is 4.56. The second-order valence-corrected chi connectivity index (χ2v) is 12.6. The first-order valence-corrected chi connectivity index (χ1v) is 17.2. The van der Waals surface area contributed by atoms with Gasteiger partial charge >= 0.3 is 0 Å². The number of rotatable bonds is 12. The van der Waals surface area contributed by atoms with E-state index in [9.17, 15) is 4.39 Å². The Bertz CT molecular complexity index is 2050. The minimum Gasteiger partial charge on any atom is -0.340 e. The number of halogens is 1. The molecule has 0 aliphatic rings. The molecule has 0 saturated heterocycles. The molecule has 0 aliphatic heterocycles. The van der Waals surface area contributed by atoms with Crippen molar-refractivity contribution in [2.24, 2.45) is 5.92 Å². The largest absolute Gasteiger partial charge is 0.340 e. The summed E-state index contributed by atoms with van der Waals surface area (Å²) in [5.41, 5.74) is 8.82. The Morgan fingerprint density at radius 1 is 0.521 bits per heavy atom. The number of hydrogen-bond donors (Lipinski definition) is 0. The summed E-state index contributed by atoms with van der Waals surface area (Å²) in [6, 6.07) is 52.0. The highest BCUT2D eigenvalue weighted by Crippen LogP contribution is 2.42. The summed E-state index contributed by atoms with van der Waals surface area (Å²) in [7, 11) is 0. The fourth-order valence-electron chi connectivity index (χ4n) is 6.94. The van der Waals surface area contributed by atoms with Crippen LogP contribution in [0.1, 0.15) is 39.5 Å². The van der Waals surface area contributed by atoms with Gasteiger partial charge in [0.2, 0.25) is 0 Å². The molecule has 7 rings (SSSR count). The molecule has 0 N–H and O–H groups in total. The SMILES string of the molecule is CCCCC(CC)Cn1c2cc(N(c3ccccc3)c3ccccc3)ccc2c2ccc(N(c3ccccc3)c3ccc(F)cc3)cc21. The Balaban J connectivity index is 1.44. The Morgan fingerprint density at radius 3 is 1.35 bits per heavy atom. The molecule has 0 amide bonds. The monoisotopic (exact) mass is 631 g/mol. The van der Waals surface area contributed by atoms with E-state index in [1.165, 1.54) is 53.2 Å². The molecule has 0 aliphatic carbocycles. The summed E-state index contributed by atoms with van der Waals surface area (Å²) >= 11 is 0. The maximum absolute atomic E-state index is 14.1. The number of hydrogen-bond acceptors (Lipinski definition) is 2. The van der Waals surface area contributed by atoms with Gasteiger partial charge in [0.25, 0.3) is 0 Å². The molecule has 240 valence electrons. The Hall–Kier alpha value is -5.35. The van der Waals surface area contributed by atoms with Gasteiger partial charge < -0.3 is 14.4 Å². The van der Waals surface area contributed by atoms with Gasteiger partial charge in [-0.3, -0.25) is 0 Å². The van der Waals surface area contributed by atoms with Crippen LogP contribution in [0, 0.1) is 11.7 Å². The third-order valence-corrected chi connectivity index (χ3v) is 9.46. The average Bonchev–Trinajstić information content (AvgIpc) is 3.44. The lowest BCUT2D eigenvalue weighted by molar-refractivity contribution is 0.401. The normalized spacial score (nSPS) is 12.0. The Kier molecular flexibility index (Phi) is 9.24. The predicted molar refractivity (Wildman–Crippen MR) is 202 cm³/mol. The molecule has 1 aromatic heterocycles. The van der Waals surface area contributed by atoms with Gasteiger partial charge in [-0.15, -0.1) is 0 Å².